The largest absolute Gasteiger partial charge is 0.467 e. The molecule has 2 heterocycles. The van der Waals surface area contributed by atoms with Crippen LogP contribution in [0.5, 0.6) is 17.2 Å². The maximum absolute atomic E-state index is 12.8. The van der Waals surface area contributed by atoms with Crippen LogP contribution >= 0.6 is 0 Å². The molecule has 1 saturated carbocycles. The monoisotopic (exact) mass is 507 g/mol. The van der Waals surface area contributed by atoms with Crippen molar-refractivity contribution in [3.63, 3.8) is 0 Å². The number of barbiturate groups is 1. The van der Waals surface area contributed by atoms with Gasteiger partial charge in [-0.15, -0.1) is 0 Å². The standard InChI is InChI=1S/C27H29N3O7/c31-23(18-3-1-4-18)28-16-17-6-8-19(9-7-17)36-20-10-12-21(13-11-20)37-27(15-22-5-2-14-35-22)24(32)29-26(34)30-25(27)33/h6-13,18,22H,1-5,14-16H2,(H,28,31)(H2,29,30,32,33,34). The molecule has 5 rings (SSSR count). The third kappa shape index (κ3) is 5.59. The number of carbonyl (C=O) groups is 4. The first-order chi connectivity index (χ1) is 17.9. The van der Waals surface area contributed by atoms with Crippen LogP contribution in [0.15, 0.2) is 48.5 Å². The molecule has 1 atom stereocenters. The highest BCUT2D eigenvalue weighted by atomic mass is 16.5. The van der Waals surface area contributed by atoms with E-state index in [-0.39, 0.29) is 30.1 Å². The summed E-state index contributed by atoms with van der Waals surface area (Å²) < 4.78 is 17.4. The quantitative estimate of drug-likeness (QED) is 0.445. The number of amides is 5. The van der Waals surface area contributed by atoms with E-state index in [9.17, 15) is 19.2 Å². The highest BCUT2D eigenvalue weighted by Gasteiger charge is 2.54. The van der Waals surface area contributed by atoms with Crippen LogP contribution in [0.1, 0.15) is 44.1 Å². The summed E-state index contributed by atoms with van der Waals surface area (Å²) in [6.07, 6.45) is 4.24. The van der Waals surface area contributed by atoms with Crippen LogP contribution in [-0.4, -0.2) is 42.1 Å². The van der Waals surface area contributed by atoms with Crippen LogP contribution in [0.2, 0.25) is 0 Å². The van der Waals surface area contributed by atoms with Gasteiger partial charge in [0.25, 0.3) is 17.4 Å². The van der Waals surface area contributed by atoms with Gasteiger partial charge in [-0.25, -0.2) is 4.79 Å². The molecule has 3 N–H and O–H groups in total. The van der Waals surface area contributed by atoms with Crippen LogP contribution in [-0.2, 0) is 25.7 Å². The lowest BCUT2D eigenvalue weighted by Crippen LogP contribution is -2.69. The Morgan fingerprint density at radius 2 is 1.51 bits per heavy atom. The summed E-state index contributed by atoms with van der Waals surface area (Å²) in [7, 11) is 0. The Morgan fingerprint density at radius 1 is 0.892 bits per heavy atom. The van der Waals surface area contributed by atoms with Gasteiger partial charge in [0.1, 0.15) is 17.2 Å². The second-order valence-electron chi connectivity index (χ2n) is 9.57. The predicted octanol–water partition coefficient (Wildman–Crippen LogP) is 2.95. The minimum Gasteiger partial charge on any atom is -0.467 e. The maximum atomic E-state index is 12.8. The lowest BCUT2D eigenvalue weighted by Gasteiger charge is -2.35. The molecule has 2 aromatic rings. The maximum Gasteiger partial charge on any atom is 0.328 e. The molecule has 3 fully saturated rings. The number of rotatable bonds is 9. The van der Waals surface area contributed by atoms with Crippen molar-refractivity contribution in [2.24, 2.45) is 5.92 Å². The summed E-state index contributed by atoms with van der Waals surface area (Å²) in [5.74, 6) is 0.0390. The Hall–Kier alpha value is -3.92. The lowest BCUT2D eigenvalue weighted by molar-refractivity contribution is -0.154. The molecule has 194 valence electrons. The van der Waals surface area contributed by atoms with E-state index >= 15 is 0 Å². The van der Waals surface area contributed by atoms with Gasteiger partial charge in [0.05, 0.1) is 6.10 Å². The molecule has 3 aliphatic rings. The average Bonchev–Trinajstić information content (AvgIpc) is 3.35. The molecular formula is C27H29N3O7. The molecule has 10 nitrogen and oxygen atoms in total. The van der Waals surface area contributed by atoms with Gasteiger partial charge in [-0.3, -0.25) is 25.0 Å². The van der Waals surface area contributed by atoms with E-state index in [1.807, 2.05) is 24.3 Å². The van der Waals surface area contributed by atoms with Crippen molar-refractivity contribution in [2.75, 3.05) is 6.61 Å². The topological polar surface area (TPSA) is 132 Å². The van der Waals surface area contributed by atoms with E-state index in [0.29, 0.717) is 31.1 Å². The molecule has 0 bridgehead atoms. The van der Waals surface area contributed by atoms with E-state index in [4.69, 9.17) is 14.2 Å². The first-order valence-corrected chi connectivity index (χ1v) is 12.5. The van der Waals surface area contributed by atoms with E-state index < -0.39 is 23.4 Å². The minimum absolute atomic E-state index is 0.0103. The smallest absolute Gasteiger partial charge is 0.328 e. The molecular weight excluding hydrogens is 478 g/mol. The van der Waals surface area contributed by atoms with E-state index in [1.165, 1.54) is 0 Å². The Kier molecular flexibility index (Phi) is 7.09. The number of hydrogen-bond acceptors (Lipinski definition) is 7. The Morgan fingerprint density at radius 3 is 2.08 bits per heavy atom. The van der Waals surface area contributed by atoms with Gasteiger partial charge in [-0.2, -0.15) is 0 Å². The first kappa shape index (κ1) is 24.8. The number of nitrogens with one attached hydrogen (secondary N) is 3. The van der Waals surface area contributed by atoms with Crippen molar-refractivity contribution in [2.45, 2.75) is 56.8 Å². The highest BCUT2D eigenvalue weighted by molar-refractivity contribution is 6.21. The SMILES string of the molecule is O=C1NC(=O)C(CC2CCCO2)(Oc2ccc(Oc3ccc(CNC(=O)C4CCC4)cc3)cc2)C(=O)N1. The Balaban J connectivity index is 1.21. The number of ether oxygens (including phenoxy) is 3. The molecule has 2 aliphatic heterocycles. The van der Waals surface area contributed by atoms with Gasteiger partial charge >= 0.3 is 6.03 Å². The van der Waals surface area contributed by atoms with Crippen LogP contribution < -0.4 is 25.4 Å². The average molecular weight is 508 g/mol. The minimum atomic E-state index is -1.92. The fourth-order valence-electron chi connectivity index (χ4n) is 4.58. The Bertz CT molecular complexity index is 1150. The molecule has 0 spiro atoms. The van der Waals surface area contributed by atoms with Crippen LogP contribution in [0, 0.1) is 5.92 Å². The van der Waals surface area contributed by atoms with Gasteiger partial charge in [-0.1, -0.05) is 18.6 Å². The van der Waals surface area contributed by atoms with Gasteiger partial charge < -0.3 is 19.5 Å². The summed E-state index contributed by atoms with van der Waals surface area (Å²) in [4.78, 5) is 49.2. The zero-order valence-corrected chi connectivity index (χ0v) is 20.3. The number of benzene rings is 2. The number of urea groups is 1. The molecule has 1 unspecified atom stereocenters. The fourth-order valence-corrected chi connectivity index (χ4v) is 4.58. The van der Waals surface area contributed by atoms with Gasteiger partial charge in [0, 0.05) is 25.5 Å². The molecule has 0 radical (unpaired) electrons. The van der Waals surface area contributed by atoms with Crippen molar-refractivity contribution in [1.29, 1.82) is 0 Å². The second-order valence-corrected chi connectivity index (χ2v) is 9.57. The lowest BCUT2D eigenvalue weighted by atomic mass is 9.85. The molecule has 0 aromatic heterocycles. The molecule has 1 aliphatic carbocycles. The van der Waals surface area contributed by atoms with Gasteiger partial charge in [-0.05, 0) is 67.6 Å². The predicted molar refractivity (Wildman–Crippen MR) is 131 cm³/mol. The number of hydrogen-bond donors (Lipinski definition) is 3. The molecule has 2 saturated heterocycles. The summed E-state index contributed by atoms with van der Waals surface area (Å²) >= 11 is 0. The fraction of sp³-hybridized carbons (Fsp3) is 0.407. The molecule has 5 amide bonds. The summed E-state index contributed by atoms with van der Waals surface area (Å²) in [6.45, 7) is 1.02. The highest BCUT2D eigenvalue weighted by Crippen LogP contribution is 2.32. The van der Waals surface area contributed by atoms with Gasteiger partial charge in [0.2, 0.25) is 5.91 Å². The van der Waals surface area contributed by atoms with Crippen molar-refractivity contribution in [1.82, 2.24) is 16.0 Å². The van der Waals surface area contributed by atoms with E-state index in [0.717, 1.165) is 31.2 Å². The zero-order chi connectivity index (χ0) is 25.8. The molecule has 2 aromatic carbocycles. The van der Waals surface area contributed by atoms with E-state index in [2.05, 4.69) is 16.0 Å². The van der Waals surface area contributed by atoms with Crippen LogP contribution in [0.3, 0.4) is 0 Å². The molecule has 37 heavy (non-hydrogen) atoms. The van der Waals surface area contributed by atoms with Gasteiger partial charge in [0.15, 0.2) is 0 Å². The normalized spacial score (nSPS) is 21.0. The van der Waals surface area contributed by atoms with E-state index in [1.54, 1.807) is 24.3 Å². The van der Waals surface area contributed by atoms with Crippen LogP contribution in [0.4, 0.5) is 4.79 Å². The molecule has 10 heteroatoms. The summed E-state index contributed by atoms with van der Waals surface area (Å²) in [5.41, 5.74) is -0.947. The third-order valence-electron chi connectivity index (χ3n) is 6.94. The van der Waals surface area contributed by atoms with Crippen molar-refractivity contribution in [3.8, 4) is 17.2 Å². The first-order valence-electron chi connectivity index (χ1n) is 12.5. The summed E-state index contributed by atoms with van der Waals surface area (Å²) in [6, 6.07) is 13.0. The second kappa shape index (κ2) is 10.6. The van der Waals surface area contributed by atoms with Crippen molar-refractivity contribution in [3.05, 3.63) is 54.1 Å². The number of carbonyl (C=O) groups excluding carboxylic acids is 4. The van der Waals surface area contributed by atoms with Crippen LogP contribution in [0.25, 0.3) is 0 Å². The zero-order valence-electron chi connectivity index (χ0n) is 20.3. The Labute approximate surface area is 214 Å². The summed E-state index contributed by atoms with van der Waals surface area (Å²) in [5, 5.41) is 7.23. The van der Waals surface area contributed by atoms with Crippen molar-refractivity contribution >= 4 is 23.8 Å². The third-order valence-corrected chi connectivity index (χ3v) is 6.94. The number of imide groups is 2. The van der Waals surface area contributed by atoms with Crippen molar-refractivity contribution < 1.29 is 33.4 Å².